The molecule has 5 rings (SSSR count). The summed E-state index contributed by atoms with van der Waals surface area (Å²) in [7, 11) is 0. The monoisotopic (exact) mass is 325 g/mol. The third-order valence-corrected chi connectivity index (χ3v) is 7.04. The molecule has 0 saturated heterocycles. The molecule has 2 heteroatoms. The van der Waals surface area contributed by atoms with Gasteiger partial charge in [0.25, 0.3) is 0 Å². The number of hydrogen-bond donors (Lipinski definition) is 1. The molecule has 0 radical (unpaired) electrons. The summed E-state index contributed by atoms with van der Waals surface area (Å²) in [6.07, 6.45) is 6.86. The number of carbonyl (C=O) groups excluding carboxylic acids is 1. The SMILES string of the molecule is Cc1cc(C)cc(C(C)(C)C(=O)NC2C3CC4CC(C3)CC2C4)c1. The molecule has 4 saturated carbocycles. The van der Waals surface area contributed by atoms with E-state index >= 15 is 0 Å². The minimum atomic E-state index is -0.467. The molecule has 0 heterocycles. The Morgan fingerprint density at radius 1 is 0.917 bits per heavy atom. The number of hydrogen-bond acceptors (Lipinski definition) is 1. The Balaban J connectivity index is 1.53. The van der Waals surface area contributed by atoms with E-state index in [0.717, 1.165) is 29.2 Å². The smallest absolute Gasteiger partial charge is 0.230 e. The Hall–Kier alpha value is -1.31. The molecule has 0 spiro atoms. The van der Waals surface area contributed by atoms with E-state index in [1.54, 1.807) is 0 Å². The zero-order chi connectivity index (χ0) is 17.1. The minimum absolute atomic E-state index is 0.213. The van der Waals surface area contributed by atoms with E-state index in [9.17, 15) is 4.79 Å². The van der Waals surface area contributed by atoms with Crippen molar-refractivity contribution in [3.05, 3.63) is 34.9 Å². The van der Waals surface area contributed by atoms with Crippen LogP contribution in [0.2, 0.25) is 0 Å². The predicted octanol–water partition coefficient (Wildman–Crippen LogP) is 4.52. The van der Waals surface area contributed by atoms with E-state index in [1.165, 1.54) is 43.2 Å². The van der Waals surface area contributed by atoms with Crippen molar-refractivity contribution in [1.29, 1.82) is 0 Å². The predicted molar refractivity (Wildman–Crippen MR) is 97.9 cm³/mol. The molecule has 1 aromatic rings. The average molecular weight is 325 g/mol. The minimum Gasteiger partial charge on any atom is -0.352 e. The zero-order valence-corrected chi connectivity index (χ0v) is 15.6. The molecule has 0 aliphatic heterocycles. The maximum atomic E-state index is 13.2. The molecular formula is C22H31NO. The third-order valence-electron chi connectivity index (χ3n) is 7.04. The molecule has 4 aliphatic carbocycles. The van der Waals surface area contributed by atoms with E-state index in [0.29, 0.717) is 6.04 Å². The van der Waals surface area contributed by atoms with Gasteiger partial charge in [-0.25, -0.2) is 0 Å². The lowest BCUT2D eigenvalue weighted by molar-refractivity contribution is -0.129. The van der Waals surface area contributed by atoms with Crippen molar-refractivity contribution in [1.82, 2.24) is 5.32 Å². The van der Waals surface area contributed by atoms with Crippen LogP contribution in [0, 0.1) is 37.5 Å². The molecule has 4 bridgehead atoms. The van der Waals surface area contributed by atoms with Crippen molar-refractivity contribution in [2.45, 2.75) is 71.3 Å². The lowest BCUT2D eigenvalue weighted by atomic mass is 9.54. The van der Waals surface area contributed by atoms with Crippen molar-refractivity contribution < 1.29 is 4.79 Å². The number of benzene rings is 1. The molecule has 130 valence electrons. The largest absolute Gasteiger partial charge is 0.352 e. The van der Waals surface area contributed by atoms with Gasteiger partial charge in [-0.15, -0.1) is 0 Å². The Kier molecular flexibility index (Phi) is 3.78. The molecule has 24 heavy (non-hydrogen) atoms. The molecule has 1 amide bonds. The highest BCUT2D eigenvalue weighted by Crippen LogP contribution is 2.53. The lowest BCUT2D eigenvalue weighted by Gasteiger charge is -2.54. The fourth-order valence-electron chi connectivity index (χ4n) is 5.96. The Labute approximate surface area is 146 Å². The molecule has 0 unspecified atom stereocenters. The number of amides is 1. The van der Waals surface area contributed by atoms with E-state index < -0.39 is 5.41 Å². The first-order valence-corrected chi connectivity index (χ1v) is 9.72. The number of carbonyl (C=O) groups is 1. The van der Waals surface area contributed by atoms with Crippen LogP contribution < -0.4 is 5.32 Å². The standard InChI is InChI=1S/C22H31NO/c1-13-5-14(2)7-19(6-13)22(3,4)21(24)23-20-17-9-15-8-16(11-17)12-18(20)10-15/h5-7,15-18,20H,8-12H2,1-4H3,(H,23,24). The van der Waals surface area contributed by atoms with E-state index in [1.807, 2.05) is 0 Å². The van der Waals surface area contributed by atoms with Crippen molar-refractivity contribution >= 4 is 5.91 Å². The maximum absolute atomic E-state index is 13.2. The van der Waals surface area contributed by atoms with Crippen molar-refractivity contribution in [3.63, 3.8) is 0 Å². The first kappa shape index (κ1) is 16.2. The summed E-state index contributed by atoms with van der Waals surface area (Å²) in [6, 6.07) is 6.94. The molecule has 1 N–H and O–H groups in total. The van der Waals surface area contributed by atoms with Gasteiger partial charge in [-0.1, -0.05) is 29.3 Å². The van der Waals surface area contributed by atoms with E-state index in [4.69, 9.17) is 0 Å². The van der Waals surface area contributed by atoms with Gasteiger partial charge >= 0.3 is 0 Å². The molecule has 0 aromatic heterocycles. The summed E-state index contributed by atoms with van der Waals surface area (Å²) in [5.41, 5.74) is 3.15. The molecule has 4 aliphatic rings. The molecule has 1 aromatic carbocycles. The van der Waals surface area contributed by atoms with Crippen LogP contribution >= 0.6 is 0 Å². The average Bonchev–Trinajstić information content (AvgIpc) is 2.49. The van der Waals surface area contributed by atoms with Crippen LogP contribution in [0.5, 0.6) is 0 Å². The van der Waals surface area contributed by atoms with Gasteiger partial charge in [0.05, 0.1) is 5.41 Å². The van der Waals surface area contributed by atoms with Crippen molar-refractivity contribution in [2.24, 2.45) is 23.7 Å². The van der Waals surface area contributed by atoms with Gasteiger partial charge in [0.15, 0.2) is 0 Å². The van der Waals surface area contributed by atoms with Crippen LogP contribution in [0.3, 0.4) is 0 Å². The second-order valence-corrected chi connectivity index (χ2v) is 9.43. The van der Waals surface area contributed by atoms with Crippen molar-refractivity contribution in [3.8, 4) is 0 Å². The summed E-state index contributed by atoms with van der Waals surface area (Å²) in [6.45, 7) is 8.38. The van der Waals surface area contributed by atoms with Crippen LogP contribution in [0.25, 0.3) is 0 Å². The van der Waals surface area contributed by atoms with Gasteiger partial charge in [-0.3, -0.25) is 4.79 Å². The lowest BCUT2D eigenvalue weighted by Crippen LogP contribution is -2.58. The quantitative estimate of drug-likeness (QED) is 0.869. The summed E-state index contributed by atoms with van der Waals surface area (Å²) >= 11 is 0. The summed E-state index contributed by atoms with van der Waals surface area (Å²) < 4.78 is 0. The van der Waals surface area contributed by atoms with Crippen LogP contribution in [0.4, 0.5) is 0 Å². The topological polar surface area (TPSA) is 29.1 Å². The first-order valence-electron chi connectivity index (χ1n) is 9.72. The van der Waals surface area contributed by atoms with Crippen LogP contribution in [0.15, 0.2) is 18.2 Å². The summed E-state index contributed by atoms with van der Waals surface area (Å²) in [5, 5.41) is 3.50. The molecule has 2 nitrogen and oxygen atoms in total. The third kappa shape index (κ3) is 2.68. The molecule has 0 atom stereocenters. The normalized spacial score (nSPS) is 34.4. The van der Waals surface area contributed by atoms with Gasteiger partial charge in [-0.05, 0) is 89.0 Å². The fraction of sp³-hybridized carbons (Fsp3) is 0.682. The Bertz CT molecular complexity index is 612. The second-order valence-electron chi connectivity index (χ2n) is 9.43. The van der Waals surface area contributed by atoms with Gasteiger partial charge < -0.3 is 5.32 Å². The summed E-state index contributed by atoms with van der Waals surface area (Å²) in [5.74, 6) is 3.59. The van der Waals surface area contributed by atoms with Gasteiger partial charge in [-0.2, -0.15) is 0 Å². The van der Waals surface area contributed by atoms with Gasteiger partial charge in [0.1, 0.15) is 0 Å². The molecule has 4 fully saturated rings. The van der Waals surface area contributed by atoms with E-state index in [-0.39, 0.29) is 5.91 Å². The van der Waals surface area contributed by atoms with Crippen LogP contribution in [-0.2, 0) is 10.2 Å². The zero-order valence-electron chi connectivity index (χ0n) is 15.6. The highest BCUT2D eigenvalue weighted by atomic mass is 16.2. The highest BCUT2D eigenvalue weighted by molar-refractivity contribution is 5.87. The van der Waals surface area contributed by atoms with Crippen molar-refractivity contribution in [2.75, 3.05) is 0 Å². The van der Waals surface area contributed by atoms with Gasteiger partial charge in [0.2, 0.25) is 5.91 Å². The fourth-order valence-corrected chi connectivity index (χ4v) is 5.96. The Morgan fingerprint density at radius 2 is 1.42 bits per heavy atom. The first-order chi connectivity index (χ1) is 11.3. The summed E-state index contributed by atoms with van der Waals surface area (Å²) in [4.78, 5) is 13.2. The number of rotatable bonds is 3. The maximum Gasteiger partial charge on any atom is 0.230 e. The number of aryl methyl sites for hydroxylation is 2. The second kappa shape index (κ2) is 5.61. The Morgan fingerprint density at radius 3 is 1.92 bits per heavy atom. The van der Waals surface area contributed by atoms with E-state index in [2.05, 4.69) is 51.2 Å². The van der Waals surface area contributed by atoms with Gasteiger partial charge in [0, 0.05) is 6.04 Å². The number of nitrogens with one attached hydrogen (secondary N) is 1. The van der Waals surface area contributed by atoms with Crippen LogP contribution in [-0.4, -0.2) is 11.9 Å². The van der Waals surface area contributed by atoms with Crippen LogP contribution in [0.1, 0.15) is 62.6 Å². The highest BCUT2D eigenvalue weighted by Gasteiger charge is 2.49. The molecular weight excluding hydrogens is 294 g/mol.